The van der Waals surface area contributed by atoms with Crippen molar-refractivity contribution < 1.29 is 9.21 Å². The van der Waals surface area contributed by atoms with Gasteiger partial charge in [-0.1, -0.05) is 0 Å². The summed E-state index contributed by atoms with van der Waals surface area (Å²) in [5.41, 5.74) is 1.38. The average molecular weight is 364 g/mol. The number of furan rings is 1. The van der Waals surface area contributed by atoms with Gasteiger partial charge in [0, 0.05) is 23.0 Å². The van der Waals surface area contributed by atoms with Gasteiger partial charge in [-0.2, -0.15) is 0 Å². The van der Waals surface area contributed by atoms with E-state index in [-0.39, 0.29) is 36.8 Å². The first-order chi connectivity index (χ1) is 9.74. The Kier molecular flexibility index (Phi) is 7.35. The predicted octanol–water partition coefficient (Wildman–Crippen LogP) is 3.12. The summed E-state index contributed by atoms with van der Waals surface area (Å²) in [6.45, 7) is 3.12. The van der Waals surface area contributed by atoms with Crippen LogP contribution in [0.25, 0.3) is 10.6 Å². The summed E-state index contributed by atoms with van der Waals surface area (Å²) in [6.07, 6.45) is 5.34. The van der Waals surface area contributed by atoms with E-state index in [1.165, 1.54) is 11.3 Å². The second kappa shape index (κ2) is 8.53. The molecule has 0 bridgehead atoms. The van der Waals surface area contributed by atoms with Crippen molar-refractivity contribution in [2.45, 2.75) is 31.8 Å². The van der Waals surface area contributed by atoms with E-state index in [4.69, 9.17) is 4.42 Å². The molecule has 0 radical (unpaired) electrons. The molecule has 1 fully saturated rings. The summed E-state index contributed by atoms with van der Waals surface area (Å²) in [7, 11) is 0. The van der Waals surface area contributed by atoms with Gasteiger partial charge in [0.2, 0.25) is 0 Å². The summed E-state index contributed by atoms with van der Waals surface area (Å²) >= 11 is 1.45. The van der Waals surface area contributed by atoms with Crippen molar-refractivity contribution in [3.05, 3.63) is 29.7 Å². The van der Waals surface area contributed by atoms with Gasteiger partial charge in [0.25, 0.3) is 5.91 Å². The zero-order valence-corrected chi connectivity index (χ0v) is 14.5. The smallest absolute Gasteiger partial charge is 0.271 e. The fourth-order valence-electron chi connectivity index (χ4n) is 2.38. The molecule has 0 aliphatic carbocycles. The van der Waals surface area contributed by atoms with Gasteiger partial charge in [0.1, 0.15) is 17.0 Å². The van der Waals surface area contributed by atoms with Crippen LogP contribution in [0.2, 0.25) is 0 Å². The number of amides is 1. The third kappa shape index (κ3) is 4.23. The monoisotopic (exact) mass is 363 g/mol. The third-order valence-electron chi connectivity index (χ3n) is 3.58. The molecule has 2 atom stereocenters. The zero-order valence-electron chi connectivity index (χ0n) is 12.1. The van der Waals surface area contributed by atoms with Crippen LogP contribution in [0.3, 0.4) is 0 Å². The molecule has 0 aromatic carbocycles. The second-order valence-corrected chi connectivity index (χ2v) is 5.87. The molecule has 122 valence electrons. The summed E-state index contributed by atoms with van der Waals surface area (Å²) < 4.78 is 5.03. The van der Waals surface area contributed by atoms with E-state index in [1.54, 1.807) is 17.9 Å². The number of hydrogen-bond acceptors (Lipinski definition) is 5. The van der Waals surface area contributed by atoms with Crippen molar-refractivity contribution in [2.75, 3.05) is 6.54 Å². The van der Waals surface area contributed by atoms with Gasteiger partial charge in [-0.3, -0.25) is 4.79 Å². The van der Waals surface area contributed by atoms with Gasteiger partial charge < -0.3 is 15.1 Å². The van der Waals surface area contributed by atoms with Crippen LogP contribution in [0.4, 0.5) is 0 Å². The van der Waals surface area contributed by atoms with E-state index in [0.717, 1.165) is 30.0 Å². The van der Waals surface area contributed by atoms with Crippen LogP contribution in [0.5, 0.6) is 0 Å². The molecule has 3 heterocycles. The van der Waals surface area contributed by atoms with Crippen molar-refractivity contribution >= 4 is 42.1 Å². The number of aromatic nitrogens is 1. The standard InChI is InChI=1S/C14H17N3O2S.2ClH/c1-9-11(3-2-5-15-9)16-13(18)12-8-20-14(17-12)10-4-6-19-7-10;;/h4,6-9,11,15H,2-3,5H2,1H3,(H,16,18);2*1H. The van der Waals surface area contributed by atoms with Gasteiger partial charge in [-0.05, 0) is 32.4 Å². The van der Waals surface area contributed by atoms with Crippen molar-refractivity contribution in [3.8, 4) is 10.6 Å². The highest BCUT2D eigenvalue weighted by Gasteiger charge is 2.23. The lowest BCUT2D eigenvalue weighted by atomic mass is 10.00. The first kappa shape index (κ1) is 19.0. The molecule has 8 heteroatoms. The highest BCUT2D eigenvalue weighted by atomic mass is 35.5. The summed E-state index contributed by atoms with van der Waals surface area (Å²) in [5.74, 6) is -0.100. The van der Waals surface area contributed by atoms with Crippen LogP contribution in [-0.4, -0.2) is 29.5 Å². The van der Waals surface area contributed by atoms with E-state index in [1.807, 2.05) is 6.07 Å². The average Bonchev–Trinajstić information content (AvgIpc) is 3.11. The first-order valence-corrected chi connectivity index (χ1v) is 7.64. The van der Waals surface area contributed by atoms with Gasteiger partial charge in [0.05, 0.1) is 6.26 Å². The Morgan fingerprint density at radius 3 is 3.00 bits per heavy atom. The molecule has 1 amide bonds. The first-order valence-electron chi connectivity index (χ1n) is 6.76. The minimum absolute atomic E-state index is 0. The molecule has 2 aromatic rings. The predicted molar refractivity (Wildman–Crippen MR) is 92.3 cm³/mol. The van der Waals surface area contributed by atoms with E-state index < -0.39 is 0 Å². The molecule has 5 nitrogen and oxygen atoms in total. The largest absolute Gasteiger partial charge is 0.472 e. The Morgan fingerprint density at radius 1 is 1.50 bits per heavy atom. The number of hydrogen-bond donors (Lipinski definition) is 2. The quantitative estimate of drug-likeness (QED) is 0.878. The normalized spacial score (nSPS) is 20.6. The van der Waals surface area contributed by atoms with Crippen molar-refractivity contribution in [3.63, 3.8) is 0 Å². The van der Waals surface area contributed by atoms with Crippen LogP contribution >= 0.6 is 36.2 Å². The Bertz CT molecular complexity index is 589. The number of nitrogens with zero attached hydrogens (tertiary/aromatic N) is 1. The minimum atomic E-state index is -0.100. The summed E-state index contributed by atoms with van der Waals surface area (Å²) in [6, 6.07) is 2.32. The number of carbonyl (C=O) groups is 1. The summed E-state index contributed by atoms with van der Waals surface area (Å²) in [5, 5.41) is 9.03. The fraction of sp³-hybridized carbons (Fsp3) is 0.429. The molecule has 2 unspecified atom stereocenters. The van der Waals surface area contributed by atoms with Crippen LogP contribution < -0.4 is 10.6 Å². The maximum absolute atomic E-state index is 12.2. The fourth-order valence-corrected chi connectivity index (χ4v) is 3.17. The highest BCUT2D eigenvalue weighted by Crippen LogP contribution is 2.24. The van der Waals surface area contributed by atoms with Crippen LogP contribution in [0.15, 0.2) is 28.4 Å². The minimum Gasteiger partial charge on any atom is -0.472 e. The molecule has 3 rings (SSSR count). The number of rotatable bonds is 3. The third-order valence-corrected chi connectivity index (χ3v) is 4.47. The maximum atomic E-state index is 12.2. The molecule has 1 aliphatic rings. The van der Waals surface area contributed by atoms with E-state index in [2.05, 4.69) is 22.5 Å². The van der Waals surface area contributed by atoms with Crippen molar-refractivity contribution in [1.29, 1.82) is 0 Å². The van der Waals surface area contributed by atoms with Crippen LogP contribution in [0.1, 0.15) is 30.3 Å². The highest BCUT2D eigenvalue weighted by molar-refractivity contribution is 7.13. The van der Waals surface area contributed by atoms with Crippen LogP contribution in [-0.2, 0) is 0 Å². The van der Waals surface area contributed by atoms with E-state index >= 15 is 0 Å². The van der Waals surface area contributed by atoms with Crippen LogP contribution in [0, 0.1) is 0 Å². The zero-order chi connectivity index (χ0) is 13.9. The SMILES string of the molecule is CC1NCCCC1NC(=O)c1csc(-c2ccoc2)n1.Cl.Cl. The molecule has 1 aliphatic heterocycles. The molecule has 1 saturated heterocycles. The lowest BCUT2D eigenvalue weighted by Gasteiger charge is -2.30. The Hall–Kier alpha value is -1.08. The lowest BCUT2D eigenvalue weighted by molar-refractivity contribution is 0.0915. The Morgan fingerprint density at radius 2 is 2.32 bits per heavy atom. The molecule has 2 aromatic heterocycles. The molecule has 0 spiro atoms. The van der Waals surface area contributed by atoms with Gasteiger partial charge in [0.15, 0.2) is 0 Å². The second-order valence-electron chi connectivity index (χ2n) is 5.01. The van der Waals surface area contributed by atoms with E-state index in [0.29, 0.717) is 11.7 Å². The number of thiazole rings is 1. The molecular formula is C14H19Cl2N3O2S. The molecule has 2 N–H and O–H groups in total. The molecule has 22 heavy (non-hydrogen) atoms. The summed E-state index contributed by atoms with van der Waals surface area (Å²) in [4.78, 5) is 16.6. The number of piperidine rings is 1. The van der Waals surface area contributed by atoms with Crippen molar-refractivity contribution in [1.82, 2.24) is 15.6 Å². The van der Waals surface area contributed by atoms with Gasteiger partial charge >= 0.3 is 0 Å². The number of carbonyl (C=O) groups excluding carboxylic acids is 1. The number of nitrogens with one attached hydrogen (secondary N) is 2. The van der Waals surface area contributed by atoms with Crippen molar-refractivity contribution in [2.24, 2.45) is 0 Å². The topological polar surface area (TPSA) is 67.2 Å². The molecule has 0 saturated carbocycles. The van der Waals surface area contributed by atoms with Gasteiger partial charge in [-0.15, -0.1) is 36.2 Å². The Balaban J connectivity index is 0.00000121. The Labute approximate surface area is 145 Å². The van der Waals surface area contributed by atoms with E-state index in [9.17, 15) is 4.79 Å². The number of halogens is 2. The maximum Gasteiger partial charge on any atom is 0.271 e. The van der Waals surface area contributed by atoms with Gasteiger partial charge in [-0.25, -0.2) is 4.98 Å². The lowest BCUT2D eigenvalue weighted by Crippen LogP contribution is -2.51. The molecular weight excluding hydrogens is 345 g/mol.